The van der Waals surface area contributed by atoms with Crippen LogP contribution in [0.3, 0.4) is 0 Å². The van der Waals surface area contributed by atoms with Gasteiger partial charge in [0.15, 0.2) is 5.78 Å². The van der Waals surface area contributed by atoms with Crippen LogP contribution >= 0.6 is 23.2 Å². The lowest BCUT2D eigenvalue weighted by molar-refractivity contribution is -0.137. The van der Waals surface area contributed by atoms with Crippen LogP contribution in [-0.4, -0.2) is 36.2 Å². The van der Waals surface area contributed by atoms with E-state index in [1.807, 2.05) is 4.90 Å². The molecule has 1 aliphatic rings. The summed E-state index contributed by atoms with van der Waals surface area (Å²) >= 11 is 11.7. The number of anilines is 1. The monoisotopic (exact) mass is 458 g/mol. The van der Waals surface area contributed by atoms with Gasteiger partial charge >= 0.3 is 6.18 Å². The number of nitrogens with zero attached hydrogens (tertiary/aromatic N) is 1. The molecule has 4 nitrogen and oxygen atoms in total. The molecule has 2 aromatic rings. The lowest BCUT2D eigenvalue weighted by Crippen LogP contribution is -2.41. The Morgan fingerprint density at radius 2 is 1.67 bits per heavy atom. The molecule has 9 heteroatoms. The van der Waals surface area contributed by atoms with Crippen LogP contribution < -0.4 is 5.32 Å². The zero-order chi connectivity index (χ0) is 21.9. The smallest absolute Gasteiger partial charge is 0.323 e. The third-order valence-corrected chi connectivity index (χ3v) is 5.60. The highest BCUT2D eigenvalue weighted by Gasteiger charge is 2.35. The highest BCUT2D eigenvalue weighted by atomic mass is 35.5. The average molecular weight is 459 g/mol. The number of rotatable bonds is 5. The van der Waals surface area contributed by atoms with Gasteiger partial charge in [0.1, 0.15) is 0 Å². The molecule has 1 N–H and O–H groups in total. The predicted octanol–water partition coefficient (Wildman–Crippen LogP) is 5.55. The highest BCUT2D eigenvalue weighted by Crippen LogP contribution is 2.38. The van der Waals surface area contributed by atoms with Crippen molar-refractivity contribution in [1.29, 1.82) is 0 Å². The van der Waals surface area contributed by atoms with E-state index >= 15 is 0 Å². The molecule has 0 aromatic heterocycles. The topological polar surface area (TPSA) is 49.4 Å². The Labute approximate surface area is 182 Å². The van der Waals surface area contributed by atoms with E-state index < -0.39 is 23.3 Å². The van der Waals surface area contributed by atoms with Crippen LogP contribution in [0.25, 0.3) is 0 Å². The SMILES string of the molecule is O=C(CN1CCC(C(=O)c2ccc(Cl)cc2)CC1)Nc1c(Cl)cccc1C(F)(F)F. The minimum Gasteiger partial charge on any atom is -0.323 e. The Bertz CT molecular complexity index is 925. The summed E-state index contributed by atoms with van der Waals surface area (Å²) in [6, 6.07) is 10.0. The molecule has 0 atom stereocenters. The van der Waals surface area contributed by atoms with Gasteiger partial charge in [-0.1, -0.05) is 29.3 Å². The number of hydrogen-bond donors (Lipinski definition) is 1. The van der Waals surface area contributed by atoms with Gasteiger partial charge in [0.05, 0.1) is 22.8 Å². The molecule has 2 aromatic carbocycles. The van der Waals surface area contributed by atoms with Gasteiger partial charge < -0.3 is 5.32 Å². The molecule has 0 bridgehead atoms. The van der Waals surface area contributed by atoms with Gasteiger partial charge in [0.2, 0.25) is 5.91 Å². The maximum Gasteiger partial charge on any atom is 0.418 e. The zero-order valence-electron chi connectivity index (χ0n) is 15.8. The Morgan fingerprint density at radius 3 is 2.27 bits per heavy atom. The van der Waals surface area contributed by atoms with E-state index in [0.717, 1.165) is 6.07 Å². The van der Waals surface area contributed by atoms with Gasteiger partial charge in [-0.05, 0) is 62.3 Å². The van der Waals surface area contributed by atoms with Gasteiger partial charge in [-0.15, -0.1) is 0 Å². The van der Waals surface area contributed by atoms with E-state index in [1.165, 1.54) is 12.1 Å². The molecule has 160 valence electrons. The summed E-state index contributed by atoms with van der Waals surface area (Å²) in [5.74, 6) is -0.719. The molecule has 1 saturated heterocycles. The van der Waals surface area contributed by atoms with Crippen molar-refractivity contribution < 1.29 is 22.8 Å². The Morgan fingerprint density at radius 1 is 1.03 bits per heavy atom. The number of likely N-dealkylation sites (tertiary alicyclic amines) is 1. The van der Waals surface area contributed by atoms with Crippen LogP contribution in [0.4, 0.5) is 18.9 Å². The summed E-state index contributed by atoms with van der Waals surface area (Å²) in [6.07, 6.45) is -3.50. The van der Waals surface area contributed by atoms with E-state index in [-0.39, 0.29) is 23.3 Å². The lowest BCUT2D eigenvalue weighted by Gasteiger charge is -2.30. The maximum atomic E-state index is 13.2. The number of nitrogens with one attached hydrogen (secondary N) is 1. The first-order valence-electron chi connectivity index (χ1n) is 9.33. The van der Waals surface area contributed by atoms with Gasteiger partial charge in [-0.25, -0.2) is 0 Å². The predicted molar refractivity (Wildman–Crippen MR) is 110 cm³/mol. The molecule has 1 aliphatic heterocycles. The number of para-hydroxylation sites is 1. The van der Waals surface area contributed by atoms with Crippen LogP contribution in [0.15, 0.2) is 42.5 Å². The Balaban J connectivity index is 1.56. The first-order chi connectivity index (χ1) is 14.1. The molecule has 0 unspecified atom stereocenters. The summed E-state index contributed by atoms with van der Waals surface area (Å²) in [6.45, 7) is 0.905. The summed E-state index contributed by atoms with van der Waals surface area (Å²) in [5, 5.41) is 2.67. The molecule has 0 radical (unpaired) electrons. The summed E-state index contributed by atoms with van der Waals surface area (Å²) in [4.78, 5) is 26.7. The van der Waals surface area contributed by atoms with Crippen molar-refractivity contribution in [3.05, 3.63) is 63.6 Å². The van der Waals surface area contributed by atoms with E-state index in [9.17, 15) is 22.8 Å². The maximum absolute atomic E-state index is 13.2. The number of carbonyl (C=O) groups excluding carboxylic acids is 2. The fourth-order valence-corrected chi connectivity index (χ4v) is 3.82. The highest BCUT2D eigenvalue weighted by molar-refractivity contribution is 6.34. The summed E-state index contributed by atoms with van der Waals surface area (Å²) in [7, 11) is 0. The number of Topliss-reactive ketones (excluding diaryl/α,β-unsaturated/α-hetero) is 1. The molecular formula is C21H19Cl2F3N2O2. The van der Waals surface area contributed by atoms with Crippen LogP contribution in [0.5, 0.6) is 0 Å². The average Bonchev–Trinajstić information content (AvgIpc) is 2.69. The quantitative estimate of drug-likeness (QED) is 0.597. The van der Waals surface area contributed by atoms with Crippen molar-refractivity contribution in [1.82, 2.24) is 4.90 Å². The minimum absolute atomic E-state index is 0.0293. The van der Waals surface area contributed by atoms with Crippen LogP contribution in [0.2, 0.25) is 10.0 Å². The molecule has 1 fully saturated rings. The summed E-state index contributed by atoms with van der Waals surface area (Å²) < 4.78 is 39.5. The molecule has 0 spiro atoms. The van der Waals surface area contributed by atoms with Gasteiger partial charge in [0.25, 0.3) is 0 Å². The second-order valence-corrected chi connectivity index (χ2v) is 7.97. The third kappa shape index (κ3) is 5.53. The molecule has 0 aliphatic carbocycles. The number of ketones is 1. The van der Waals surface area contributed by atoms with Crippen LogP contribution in [0, 0.1) is 5.92 Å². The Hall–Kier alpha value is -2.09. The molecule has 3 rings (SSSR count). The van der Waals surface area contributed by atoms with E-state index in [0.29, 0.717) is 36.5 Å². The second-order valence-electron chi connectivity index (χ2n) is 7.13. The fraction of sp³-hybridized carbons (Fsp3) is 0.333. The van der Waals surface area contributed by atoms with E-state index in [1.54, 1.807) is 24.3 Å². The fourth-order valence-electron chi connectivity index (χ4n) is 3.47. The lowest BCUT2D eigenvalue weighted by atomic mass is 9.89. The van der Waals surface area contributed by atoms with Crippen LogP contribution in [0.1, 0.15) is 28.8 Å². The van der Waals surface area contributed by atoms with Crippen molar-refractivity contribution in [2.45, 2.75) is 19.0 Å². The van der Waals surface area contributed by atoms with Gasteiger partial charge in [-0.3, -0.25) is 14.5 Å². The standard InChI is InChI=1S/C21H19Cl2F3N2O2/c22-15-6-4-13(5-7-15)20(30)14-8-10-28(11-9-14)12-18(29)27-19-16(21(24,25)26)2-1-3-17(19)23/h1-7,14H,8-12H2,(H,27,29). The number of carbonyl (C=O) groups is 2. The molecular weight excluding hydrogens is 440 g/mol. The number of amides is 1. The van der Waals surface area contributed by atoms with Crippen molar-refractivity contribution in [2.75, 3.05) is 25.0 Å². The normalized spacial score (nSPS) is 15.8. The third-order valence-electron chi connectivity index (χ3n) is 5.04. The Kier molecular flexibility index (Phi) is 7.06. The largest absolute Gasteiger partial charge is 0.418 e. The van der Waals surface area contributed by atoms with Gasteiger partial charge in [-0.2, -0.15) is 13.2 Å². The number of alkyl halides is 3. The van der Waals surface area contributed by atoms with E-state index in [4.69, 9.17) is 23.2 Å². The van der Waals surface area contributed by atoms with Crippen molar-refractivity contribution >= 4 is 40.6 Å². The number of benzene rings is 2. The zero-order valence-corrected chi connectivity index (χ0v) is 17.3. The first-order valence-corrected chi connectivity index (χ1v) is 10.1. The molecule has 0 saturated carbocycles. The minimum atomic E-state index is -4.63. The molecule has 1 heterocycles. The van der Waals surface area contributed by atoms with Crippen LogP contribution in [-0.2, 0) is 11.0 Å². The van der Waals surface area contributed by atoms with Gasteiger partial charge in [0, 0.05) is 16.5 Å². The first kappa shape index (κ1) is 22.6. The number of halogens is 5. The molecule has 1 amide bonds. The number of piperidine rings is 1. The second kappa shape index (κ2) is 9.37. The number of hydrogen-bond acceptors (Lipinski definition) is 3. The summed E-state index contributed by atoms with van der Waals surface area (Å²) in [5.41, 5.74) is -0.839. The van der Waals surface area contributed by atoms with E-state index in [2.05, 4.69) is 5.32 Å². The van der Waals surface area contributed by atoms with Crippen molar-refractivity contribution in [3.8, 4) is 0 Å². The molecule has 30 heavy (non-hydrogen) atoms. The van der Waals surface area contributed by atoms with Crippen molar-refractivity contribution in [2.24, 2.45) is 5.92 Å². The van der Waals surface area contributed by atoms with Crippen molar-refractivity contribution in [3.63, 3.8) is 0 Å².